The van der Waals surface area contributed by atoms with Gasteiger partial charge in [-0.2, -0.15) is 0 Å². The highest BCUT2D eigenvalue weighted by Gasteiger charge is 2.47. The fraction of sp³-hybridized carbons (Fsp3) is 0.414. The van der Waals surface area contributed by atoms with Crippen LogP contribution in [0.2, 0.25) is 0 Å². The van der Waals surface area contributed by atoms with Crippen molar-refractivity contribution < 1.29 is 9.59 Å². The Labute approximate surface area is 201 Å². The van der Waals surface area contributed by atoms with E-state index in [2.05, 4.69) is 39.5 Å². The van der Waals surface area contributed by atoms with E-state index < -0.39 is 5.54 Å². The van der Waals surface area contributed by atoms with Crippen molar-refractivity contribution in [2.45, 2.75) is 70.0 Å². The van der Waals surface area contributed by atoms with Crippen LogP contribution in [0, 0.1) is 5.92 Å². The van der Waals surface area contributed by atoms with Crippen LogP contribution in [0.4, 0.5) is 0 Å². The molecule has 2 atom stereocenters. The Morgan fingerprint density at radius 1 is 0.971 bits per heavy atom. The molecule has 2 aromatic carbocycles. The van der Waals surface area contributed by atoms with Crippen molar-refractivity contribution in [2.75, 3.05) is 0 Å². The van der Waals surface area contributed by atoms with E-state index in [1.807, 2.05) is 56.4 Å². The van der Waals surface area contributed by atoms with E-state index in [1.54, 1.807) is 0 Å². The van der Waals surface area contributed by atoms with Crippen LogP contribution in [0.15, 0.2) is 66.9 Å². The number of benzene rings is 2. The maximum Gasteiger partial charge on any atom is 0.248 e. The molecule has 1 aromatic heterocycles. The van der Waals surface area contributed by atoms with Crippen molar-refractivity contribution in [3.8, 4) is 0 Å². The van der Waals surface area contributed by atoms with Crippen LogP contribution in [-0.4, -0.2) is 39.3 Å². The first-order valence-corrected chi connectivity index (χ1v) is 12.4. The number of amides is 2. The number of nitrogens with zero attached hydrogens (tertiary/aromatic N) is 2. The second kappa shape index (κ2) is 9.21. The molecule has 2 bridgehead atoms. The first-order chi connectivity index (χ1) is 16.4. The van der Waals surface area contributed by atoms with Crippen LogP contribution in [0.1, 0.15) is 50.7 Å². The Hall–Kier alpha value is -3.21. The molecule has 2 saturated heterocycles. The third-order valence-corrected chi connectivity index (χ3v) is 7.50. The number of hydrogen-bond donors (Lipinski definition) is 1. The smallest absolute Gasteiger partial charge is 0.248 e. The van der Waals surface area contributed by atoms with E-state index in [1.165, 1.54) is 10.9 Å². The topological polar surface area (TPSA) is 62.3 Å². The zero-order chi connectivity index (χ0) is 23.7. The zero-order valence-corrected chi connectivity index (χ0v) is 20.0. The molecule has 2 amide bonds. The van der Waals surface area contributed by atoms with Crippen LogP contribution < -0.4 is 5.32 Å². The summed E-state index contributed by atoms with van der Waals surface area (Å²) in [4.78, 5) is 32.9. The van der Waals surface area contributed by atoms with Gasteiger partial charge >= 0.3 is 0 Å². The van der Waals surface area contributed by atoms with E-state index in [0.717, 1.165) is 43.2 Å². The lowest BCUT2D eigenvalue weighted by atomic mass is 9.84. The van der Waals surface area contributed by atoms with Crippen molar-refractivity contribution in [1.82, 2.24) is 15.2 Å². The summed E-state index contributed by atoms with van der Waals surface area (Å²) in [6.45, 7) is 3.68. The quantitative estimate of drug-likeness (QED) is 0.587. The molecule has 2 aliphatic rings. The standard InChI is InChI=1S/C29H33N3O2/c1-29(2,31-27(33)19-20-8-4-3-5-9-20)28(34)32-23-13-14-24(32)18-21(17-23)16-22-10-6-12-26-25(22)11-7-15-30-26/h3-12,15,21,23-24H,13-14,16-19H2,1-2H3,(H,31,33)/t23-,24-/m0/s1. The van der Waals surface area contributed by atoms with Gasteiger partial charge in [0.25, 0.3) is 0 Å². The molecule has 3 aromatic rings. The minimum atomic E-state index is -0.916. The molecule has 0 saturated carbocycles. The summed E-state index contributed by atoms with van der Waals surface area (Å²) in [7, 11) is 0. The highest BCUT2D eigenvalue weighted by Crippen LogP contribution is 2.41. The van der Waals surface area contributed by atoms with Gasteiger partial charge in [0.05, 0.1) is 11.9 Å². The van der Waals surface area contributed by atoms with E-state index in [4.69, 9.17) is 0 Å². The predicted molar refractivity (Wildman–Crippen MR) is 134 cm³/mol. The van der Waals surface area contributed by atoms with Crippen LogP contribution in [0.25, 0.3) is 10.9 Å². The van der Waals surface area contributed by atoms with Gasteiger partial charge in [-0.15, -0.1) is 0 Å². The number of carbonyl (C=O) groups excluding carboxylic acids is 2. The number of aromatic nitrogens is 1. The second-order valence-corrected chi connectivity index (χ2v) is 10.5. The van der Waals surface area contributed by atoms with E-state index in [0.29, 0.717) is 5.92 Å². The molecule has 2 aliphatic heterocycles. The number of fused-ring (bicyclic) bond motifs is 3. The first-order valence-electron chi connectivity index (χ1n) is 12.4. The lowest BCUT2D eigenvalue weighted by Crippen LogP contribution is -2.60. The summed E-state index contributed by atoms with van der Waals surface area (Å²) in [5, 5.41) is 4.24. The van der Waals surface area contributed by atoms with Crippen molar-refractivity contribution in [2.24, 2.45) is 5.92 Å². The lowest BCUT2D eigenvalue weighted by molar-refractivity contribution is -0.145. The molecular formula is C29H33N3O2. The molecule has 5 rings (SSSR count). The normalized spacial score (nSPS) is 22.1. The molecule has 0 spiro atoms. The number of rotatable bonds is 6. The van der Waals surface area contributed by atoms with Crippen LogP contribution in [0.5, 0.6) is 0 Å². The van der Waals surface area contributed by atoms with Gasteiger partial charge in [-0.05, 0) is 75.1 Å². The molecule has 1 N–H and O–H groups in total. The molecule has 0 aliphatic carbocycles. The van der Waals surface area contributed by atoms with Crippen molar-refractivity contribution in [3.63, 3.8) is 0 Å². The van der Waals surface area contributed by atoms with Crippen molar-refractivity contribution >= 4 is 22.7 Å². The molecule has 5 heteroatoms. The SMILES string of the molecule is CC(C)(NC(=O)Cc1ccccc1)C(=O)N1[C@H]2CC[C@H]1CC(Cc1cccc3ncccc13)C2. The fourth-order valence-corrected chi connectivity index (χ4v) is 5.99. The summed E-state index contributed by atoms with van der Waals surface area (Å²) in [6, 6.07) is 20.7. The molecule has 0 unspecified atom stereocenters. The minimum absolute atomic E-state index is 0.0502. The van der Waals surface area contributed by atoms with Gasteiger partial charge in [0, 0.05) is 23.7 Å². The number of carbonyl (C=O) groups is 2. The largest absolute Gasteiger partial charge is 0.342 e. The molecule has 3 heterocycles. The Balaban J connectivity index is 1.24. The van der Waals surface area contributed by atoms with E-state index in [9.17, 15) is 9.59 Å². The summed E-state index contributed by atoms with van der Waals surface area (Å²) in [6.07, 6.45) is 7.30. The third-order valence-electron chi connectivity index (χ3n) is 7.50. The zero-order valence-electron chi connectivity index (χ0n) is 20.0. The molecule has 2 fully saturated rings. The Bertz CT molecular complexity index is 1170. The van der Waals surface area contributed by atoms with Gasteiger partial charge in [0.2, 0.25) is 11.8 Å². The Morgan fingerprint density at radius 2 is 1.71 bits per heavy atom. The second-order valence-electron chi connectivity index (χ2n) is 10.5. The maximum absolute atomic E-state index is 13.6. The maximum atomic E-state index is 13.6. The third kappa shape index (κ3) is 4.56. The highest BCUT2D eigenvalue weighted by atomic mass is 16.2. The number of hydrogen-bond acceptors (Lipinski definition) is 3. The predicted octanol–water partition coefficient (Wildman–Crippen LogP) is 4.68. The monoisotopic (exact) mass is 455 g/mol. The van der Waals surface area contributed by atoms with E-state index in [-0.39, 0.29) is 30.3 Å². The minimum Gasteiger partial charge on any atom is -0.342 e. The average molecular weight is 456 g/mol. The van der Waals surface area contributed by atoms with Gasteiger partial charge in [-0.25, -0.2) is 0 Å². The molecule has 176 valence electrons. The summed E-state index contributed by atoms with van der Waals surface area (Å²) < 4.78 is 0. The first kappa shape index (κ1) is 22.6. The summed E-state index contributed by atoms with van der Waals surface area (Å²) >= 11 is 0. The van der Waals surface area contributed by atoms with Gasteiger partial charge < -0.3 is 10.2 Å². The molecule has 5 nitrogen and oxygen atoms in total. The lowest BCUT2D eigenvalue weighted by Gasteiger charge is -2.43. The Morgan fingerprint density at radius 3 is 2.44 bits per heavy atom. The number of pyridine rings is 1. The number of piperidine rings is 1. The van der Waals surface area contributed by atoms with Gasteiger partial charge in [0.15, 0.2) is 0 Å². The molecule has 34 heavy (non-hydrogen) atoms. The average Bonchev–Trinajstić information content (AvgIpc) is 3.08. The van der Waals surface area contributed by atoms with Crippen LogP contribution >= 0.6 is 0 Å². The Kier molecular flexibility index (Phi) is 6.11. The number of nitrogens with one attached hydrogen (secondary N) is 1. The van der Waals surface area contributed by atoms with Crippen molar-refractivity contribution in [1.29, 1.82) is 0 Å². The highest BCUT2D eigenvalue weighted by molar-refractivity contribution is 5.92. The van der Waals surface area contributed by atoms with Crippen LogP contribution in [0.3, 0.4) is 0 Å². The van der Waals surface area contributed by atoms with Gasteiger partial charge in [-0.3, -0.25) is 14.6 Å². The summed E-state index contributed by atoms with van der Waals surface area (Å²) in [5.41, 5.74) is 2.43. The fourth-order valence-electron chi connectivity index (χ4n) is 5.99. The van der Waals surface area contributed by atoms with E-state index >= 15 is 0 Å². The van der Waals surface area contributed by atoms with Gasteiger partial charge in [0.1, 0.15) is 5.54 Å². The summed E-state index contributed by atoms with van der Waals surface area (Å²) in [5.74, 6) is 0.494. The van der Waals surface area contributed by atoms with Crippen molar-refractivity contribution in [3.05, 3.63) is 78.0 Å². The van der Waals surface area contributed by atoms with Gasteiger partial charge in [-0.1, -0.05) is 48.5 Å². The molecule has 0 radical (unpaired) electrons. The van der Waals surface area contributed by atoms with Crippen LogP contribution in [-0.2, 0) is 22.4 Å². The molecular weight excluding hydrogens is 422 g/mol.